The predicted molar refractivity (Wildman–Crippen MR) is 92.9 cm³/mol. The van der Waals surface area contributed by atoms with Gasteiger partial charge in [-0.2, -0.15) is 0 Å². The van der Waals surface area contributed by atoms with Crippen molar-refractivity contribution in [3.05, 3.63) is 27.8 Å². The van der Waals surface area contributed by atoms with Crippen molar-refractivity contribution in [2.45, 2.75) is 13.0 Å². The maximum atomic E-state index is 12.3. The lowest BCUT2D eigenvalue weighted by Gasteiger charge is -2.32. The summed E-state index contributed by atoms with van der Waals surface area (Å²) in [6.07, 6.45) is 2.91. The Bertz CT molecular complexity index is 806. The van der Waals surface area contributed by atoms with Crippen LogP contribution >= 0.6 is 11.3 Å². The Morgan fingerprint density at radius 2 is 2.32 bits per heavy atom. The smallest absolute Gasteiger partial charge is 0.323 e. The van der Waals surface area contributed by atoms with Crippen molar-refractivity contribution < 1.29 is 9.53 Å². The Kier molecular flexibility index (Phi) is 5.24. The van der Waals surface area contributed by atoms with Crippen molar-refractivity contribution >= 4 is 28.3 Å². The van der Waals surface area contributed by atoms with Crippen LogP contribution in [0, 0.1) is 6.92 Å². The van der Waals surface area contributed by atoms with Gasteiger partial charge in [-0.1, -0.05) is 11.3 Å². The highest BCUT2D eigenvalue weighted by Crippen LogP contribution is 2.15. The number of anilines is 2. The molecule has 1 aliphatic rings. The molecule has 3 heterocycles. The average Bonchev–Trinajstić information content (AvgIpc) is 3.01. The third kappa shape index (κ3) is 4.31. The van der Waals surface area contributed by atoms with Gasteiger partial charge in [-0.05, 0) is 6.92 Å². The second kappa shape index (κ2) is 7.57. The molecule has 11 heteroatoms. The first kappa shape index (κ1) is 17.3. The molecule has 0 radical (unpaired) electrons. The van der Waals surface area contributed by atoms with Crippen LogP contribution in [0.4, 0.5) is 15.7 Å². The summed E-state index contributed by atoms with van der Waals surface area (Å²) in [6.45, 7) is 3.53. The van der Waals surface area contributed by atoms with Gasteiger partial charge in [0.2, 0.25) is 5.13 Å². The summed E-state index contributed by atoms with van der Waals surface area (Å²) in [5.74, 6) is 0.263. The minimum atomic E-state index is -0.238. The van der Waals surface area contributed by atoms with Crippen LogP contribution in [0.1, 0.15) is 5.01 Å². The molecule has 134 valence electrons. The van der Waals surface area contributed by atoms with E-state index in [9.17, 15) is 9.59 Å². The lowest BCUT2D eigenvalue weighted by atomic mass is 10.2. The number of aromatic nitrogens is 4. The molecule has 2 N–H and O–H groups in total. The number of rotatable bonds is 4. The van der Waals surface area contributed by atoms with E-state index < -0.39 is 0 Å². The molecule has 3 rings (SSSR count). The molecule has 2 aromatic rings. The fourth-order valence-electron chi connectivity index (χ4n) is 2.37. The maximum absolute atomic E-state index is 12.3. The number of carbonyl (C=O) groups excluding carboxylic acids is 1. The van der Waals surface area contributed by atoms with Gasteiger partial charge in [0, 0.05) is 32.5 Å². The van der Waals surface area contributed by atoms with Crippen LogP contribution in [-0.2, 0) is 11.8 Å². The van der Waals surface area contributed by atoms with E-state index in [4.69, 9.17) is 4.74 Å². The molecular formula is C14H19N7O3S. The highest BCUT2D eigenvalue weighted by molar-refractivity contribution is 7.15. The lowest BCUT2D eigenvalue weighted by molar-refractivity contribution is -0.00450. The molecule has 1 fully saturated rings. The van der Waals surface area contributed by atoms with Gasteiger partial charge in [0.15, 0.2) is 5.82 Å². The zero-order chi connectivity index (χ0) is 17.8. The topological polar surface area (TPSA) is 114 Å². The van der Waals surface area contributed by atoms with E-state index in [0.29, 0.717) is 31.4 Å². The molecule has 2 amide bonds. The fourth-order valence-corrected chi connectivity index (χ4v) is 2.96. The molecular weight excluding hydrogens is 346 g/mol. The molecule has 0 aromatic carbocycles. The van der Waals surface area contributed by atoms with Gasteiger partial charge >= 0.3 is 6.03 Å². The first-order valence-electron chi connectivity index (χ1n) is 7.76. The van der Waals surface area contributed by atoms with Crippen LogP contribution in [0.2, 0.25) is 0 Å². The Balaban J connectivity index is 1.54. The number of aryl methyl sites for hydroxylation is 2. The number of ether oxygens (including phenoxy) is 1. The molecule has 0 bridgehead atoms. The minimum Gasteiger partial charge on any atom is -0.373 e. The van der Waals surface area contributed by atoms with E-state index in [-0.39, 0.29) is 23.5 Å². The number of hydrogen-bond donors (Lipinski definition) is 2. The third-order valence-corrected chi connectivity index (χ3v) is 4.43. The quantitative estimate of drug-likeness (QED) is 0.800. The molecule has 2 aromatic heterocycles. The van der Waals surface area contributed by atoms with Crippen LogP contribution in [-0.4, -0.2) is 63.0 Å². The summed E-state index contributed by atoms with van der Waals surface area (Å²) in [7, 11) is 1.66. The number of morpholine rings is 1. The normalized spacial score (nSPS) is 17.4. The first-order valence-corrected chi connectivity index (χ1v) is 8.57. The highest BCUT2D eigenvalue weighted by atomic mass is 32.1. The second-order valence-corrected chi connectivity index (χ2v) is 6.75. The van der Waals surface area contributed by atoms with Crippen molar-refractivity contribution in [2.24, 2.45) is 7.05 Å². The summed E-state index contributed by atoms with van der Waals surface area (Å²) in [6, 6.07) is -0.238. The first-order chi connectivity index (χ1) is 12.0. The summed E-state index contributed by atoms with van der Waals surface area (Å²) >= 11 is 1.32. The van der Waals surface area contributed by atoms with Gasteiger partial charge in [0.05, 0.1) is 19.3 Å². The monoisotopic (exact) mass is 365 g/mol. The molecule has 1 atom stereocenters. The standard InChI is InChI=1S/C14H19N7O3S/c1-9-18-19-13(25-9)17-14(23)21-5-6-24-10(8-21)7-16-11-12(22)20(2)4-3-15-11/h3-4,10H,5-8H2,1-2H3,(H,15,16)(H,17,19,23). The molecule has 1 saturated heterocycles. The van der Waals surface area contributed by atoms with Gasteiger partial charge in [0.25, 0.3) is 5.56 Å². The molecule has 1 aliphatic heterocycles. The van der Waals surface area contributed by atoms with E-state index >= 15 is 0 Å². The van der Waals surface area contributed by atoms with Gasteiger partial charge in [-0.3, -0.25) is 10.1 Å². The summed E-state index contributed by atoms with van der Waals surface area (Å²) in [4.78, 5) is 29.9. The van der Waals surface area contributed by atoms with Crippen molar-refractivity contribution in [3.8, 4) is 0 Å². The van der Waals surface area contributed by atoms with Gasteiger partial charge in [-0.15, -0.1) is 10.2 Å². The SMILES string of the molecule is Cc1nnc(NC(=O)N2CCOC(CNc3nccn(C)c3=O)C2)s1. The number of nitrogens with zero attached hydrogens (tertiary/aromatic N) is 5. The van der Waals surface area contributed by atoms with Crippen molar-refractivity contribution in [1.82, 2.24) is 24.6 Å². The highest BCUT2D eigenvalue weighted by Gasteiger charge is 2.25. The molecule has 1 unspecified atom stereocenters. The third-order valence-electron chi connectivity index (χ3n) is 3.68. The summed E-state index contributed by atoms with van der Waals surface area (Å²) in [5.41, 5.74) is -0.209. The Morgan fingerprint density at radius 3 is 3.08 bits per heavy atom. The van der Waals surface area contributed by atoms with E-state index in [1.807, 2.05) is 6.92 Å². The molecule has 0 spiro atoms. The number of urea groups is 1. The van der Waals surface area contributed by atoms with Crippen molar-refractivity contribution in [3.63, 3.8) is 0 Å². The summed E-state index contributed by atoms with van der Waals surface area (Å²) < 4.78 is 7.10. The minimum absolute atomic E-state index is 0.209. The molecule has 0 saturated carbocycles. The molecule has 25 heavy (non-hydrogen) atoms. The van der Waals surface area contributed by atoms with Crippen LogP contribution in [0.15, 0.2) is 17.2 Å². The van der Waals surface area contributed by atoms with Crippen LogP contribution in [0.3, 0.4) is 0 Å². The Morgan fingerprint density at radius 1 is 1.48 bits per heavy atom. The number of amides is 2. The Hall–Kier alpha value is -2.53. The second-order valence-electron chi connectivity index (χ2n) is 5.57. The average molecular weight is 365 g/mol. The lowest BCUT2D eigenvalue weighted by Crippen LogP contribution is -2.49. The van der Waals surface area contributed by atoms with E-state index in [0.717, 1.165) is 5.01 Å². The molecule has 0 aliphatic carbocycles. The van der Waals surface area contributed by atoms with E-state index in [1.165, 1.54) is 15.9 Å². The summed E-state index contributed by atoms with van der Waals surface area (Å²) in [5, 5.41) is 14.7. The van der Waals surface area contributed by atoms with E-state index in [1.54, 1.807) is 24.3 Å². The van der Waals surface area contributed by atoms with Crippen molar-refractivity contribution in [1.29, 1.82) is 0 Å². The Labute approximate surface area is 147 Å². The maximum Gasteiger partial charge on any atom is 0.323 e. The zero-order valence-corrected chi connectivity index (χ0v) is 14.7. The predicted octanol–water partition coefficient (Wildman–Crippen LogP) is 0.285. The zero-order valence-electron chi connectivity index (χ0n) is 13.9. The van der Waals surface area contributed by atoms with Gasteiger partial charge < -0.3 is 19.5 Å². The van der Waals surface area contributed by atoms with E-state index in [2.05, 4.69) is 25.8 Å². The molecule has 10 nitrogen and oxygen atoms in total. The van der Waals surface area contributed by atoms with Gasteiger partial charge in [0.1, 0.15) is 5.01 Å². The number of carbonyl (C=O) groups is 1. The van der Waals surface area contributed by atoms with Crippen molar-refractivity contribution in [2.75, 3.05) is 36.9 Å². The number of nitrogens with one attached hydrogen (secondary N) is 2. The number of hydrogen-bond acceptors (Lipinski definition) is 8. The van der Waals surface area contributed by atoms with Gasteiger partial charge in [-0.25, -0.2) is 9.78 Å². The largest absolute Gasteiger partial charge is 0.373 e. The van der Waals surface area contributed by atoms with Crippen LogP contribution in [0.25, 0.3) is 0 Å². The van der Waals surface area contributed by atoms with Crippen LogP contribution in [0.5, 0.6) is 0 Å². The fraction of sp³-hybridized carbons (Fsp3) is 0.500. The van der Waals surface area contributed by atoms with Crippen LogP contribution < -0.4 is 16.2 Å².